The van der Waals surface area contributed by atoms with Crippen molar-refractivity contribution < 1.29 is 82.8 Å². The van der Waals surface area contributed by atoms with E-state index in [-0.39, 0.29) is 65.8 Å². The van der Waals surface area contributed by atoms with E-state index in [9.17, 15) is 30.0 Å². The molecule has 0 unspecified atom stereocenters. The maximum absolute atomic E-state index is 12.4. The van der Waals surface area contributed by atoms with Crippen molar-refractivity contribution in [3.63, 3.8) is 0 Å². The molecule has 0 fully saturated rings. The minimum Gasteiger partial charge on any atom is -1.00 e. The first kappa shape index (κ1) is 25.1. The van der Waals surface area contributed by atoms with Gasteiger partial charge in [-0.05, 0) is 30.7 Å². The van der Waals surface area contributed by atoms with Crippen molar-refractivity contribution in [3.8, 4) is 0 Å². The van der Waals surface area contributed by atoms with Crippen molar-refractivity contribution in [1.82, 2.24) is 4.13 Å². The first-order valence-corrected chi connectivity index (χ1v) is 11.9. The number of hydrogen-bond acceptors (Lipinski definition) is 6. The summed E-state index contributed by atoms with van der Waals surface area (Å²) in [6.45, 7) is 0.182. The molecule has 29 heavy (non-hydrogen) atoms. The molecule has 3 rings (SSSR count). The molecule has 154 valence electrons. The minimum absolute atomic E-state index is 0. The molecule has 0 saturated carbocycles. The number of alkyl halides is 3. The zero-order valence-corrected chi connectivity index (χ0v) is 20.8. The van der Waals surface area contributed by atoms with Crippen molar-refractivity contribution in [2.45, 2.75) is 21.7 Å². The summed E-state index contributed by atoms with van der Waals surface area (Å²) < 4.78 is 83.6. The summed E-state index contributed by atoms with van der Waals surface area (Å²) in [5.74, 6) is -0.768. The molecule has 1 aliphatic rings. The third-order valence-corrected chi connectivity index (χ3v) is 8.33. The van der Waals surface area contributed by atoms with E-state index in [1.807, 2.05) is 53.4 Å². The second kappa shape index (κ2) is 9.57. The largest absolute Gasteiger partial charge is 1.00 e. The monoisotopic (exact) mass is 492 g/mol. The van der Waals surface area contributed by atoms with Crippen LogP contribution in [0.5, 0.6) is 0 Å². The molecule has 0 bridgehead atoms. The summed E-state index contributed by atoms with van der Waals surface area (Å²) >= 11 is 1.56. The predicted molar refractivity (Wildman–Crippen MR) is 102 cm³/mol. The van der Waals surface area contributed by atoms with Gasteiger partial charge in [0, 0.05) is 16.3 Å². The molecule has 0 saturated heterocycles. The van der Waals surface area contributed by atoms with E-state index in [1.165, 1.54) is 0 Å². The van der Waals surface area contributed by atoms with Gasteiger partial charge in [-0.15, -0.1) is 4.13 Å². The fraction of sp³-hybridized carbons (Fsp3) is 0.250. The summed E-state index contributed by atoms with van der Waals surface area (Å²) in [7, 11) is -10.6. The van der Waals surface area contributed by atoms with Gasteiger partial charge in [0.05, 0.1) is 17.1 Å². The minimum atomic E-state index is -5.96. The number of nitrogens with one attached hydrogen (secondary N) is 1. The normalized spacial score (nSPS) is 14.0. The Morgan fingerprint density at radius 2 is 1.41 bits per heavy atom. The van der Waals surface area contributed by atoms with Crippen LogP contribution in [-0.4, -0.2) is 34.6 Å². The van der Waals surface area contributed by atoms with Gasteiger partial charge < -0.3 is 6.33 Å². The van der Waals surface area contributed by atoms with Crippen LogP contribution in [0.15, 0.2) is 58.3 Å². The van der Waals surface area contributed by atoms with Crippen LogP contribution in [0.4, 0.5) is 24.5 Å². The molecule has 0 amide bonds. The fourth-order valence-electron chi connectivity index (χ4n) is 2.69. The molecular formula is C16H16F3KN2O4S3. The molecule has 0 aliphatic carbocycles. The standard InChI is InChI=1S/C16H15F3N2O4S3.K.H/c17-16(18,19)28(24,25)20-27(22,23)11-5-10-21-12-6-1-3-8-14(12)26-15-9-4-2-7-13(15)21;;/h1-4,6-9,20H,5,10-11H2;;/q;+1;-1. The molecule has 13 heteroatoms. The number of anilines is 2. The molecule has 0 aromatic heterocycles. The molecule has 0 spiro atoms. The van der Waals surface area contributed by atoms with Crippen LogP contribution in [0, 0.1) is 0 Å². The summed E-state index contributed by atoms with van der Waals surface area (Å²) in [5.41, 5.74) is -4.00. The molecule has 1 N–H and O–H groups in total. The number of nitrogens with zero attached hydrogens (tertiary/aromatic N) is 1. The maximum atomic E-state index is 12.4. The molecule has 0 radical (unpaired) electrons. The summed E-state index contributed by atoms with van der Waals surface area (Å²) in [6.07, 6.45) is -0.0734. The quantitative estimate of drug-likeness (QED) is 0.594. The number of sulfonamides is 2. The molecule has 1 heterocycles. The Morgan fingerprint density at radius 1 is 0.931 bits per heavy atom. The van der Waals surface area contributed by atoms with Crippen LogP contribution in [0.3, 0.4) is 0 Å². The van der Waals surface area contributed by atoms with E-state index >= 15 is 0 Å². The van der Waals surface area contributed by atoms with Crippen LogP contribution in [0.25, 0.3) is 0 Å². The second-order valence-electron chi connectivity index (χ2n) is 5.89. The molecule has 6 nitrogen and oxygen atoms in total. The van der Waals surface area contributed by atoms with Crippen molar-refractivity contribution >= 4 is 43.2 Å². The van der Waals surface area contributed by atoms with Gasteiger partial charge in [-0.1, -0.05) is 36.0 Å². The number of benzene rings is 2. The summed E-state index contributed by atoms with van der Waals surface area (Å²) in [5, 5.41) is 0. The average Bonchev–Trinajstić information content (AvgIpc) is 2.59. The third kappa shape index (κ3) is 5.98. The Labute approximate surface area is 215 Å². The fourth-order valence-corrected chi connectivity index (χ4v) is 6.34. The van der Waals surface area contributed by atoms with E-state index in [2.05, 4.69) is 0 Å². The molecule has 2 aromatic carbocycles. The van der Waals surface area contributed by atoms with Gasteiger partial charge in [0.1, 0.15) is 0 Å². The van der Waals surface area contributed by atoms with E-state index in [0.29, 0.717) is 0 Å². The third-order valence-electron chi connectivity index (χ3n) is 3.87. The summed E-state index contributed by atoms with van der Waals surface area (Å²) in [6, 6.07) is 14.9. The van der Waals surface area contributed by atoms with Crippen LogP contribution in [0.2, 0.25) is 0 Å². The zero-order chi connectivity index (χ0) is 20.6. The smallest absolute Gasteiger partial charge is 1.00 e. The Hall–Kier alpha value is -0.124. The van der Waals surface area contributed by atoms with E-state index in [0.717, 1.165) is 25.3 Å². The predicted octanol–water partition coefficient (Wildman–Crippen LogP) is 0.565. The van der Waals surface area contributed by atoms with Crippen molar-refractivity contribution in [2.75, 3.05) is 17.2 Å². The van der Waals surface area contributed by atoms with E-state index in [1.54, 1.807) is 11.8 Å². The number of hydrogen-bond donors (Lipinski definition) is 1. The zero-order valence-electron chi connectivity index (χ0n) is 16.2. The van der Waals surface area contributed by atoms with Crippen molar-refractivity contribution in [2.24, 2.45) is 0 Å². The van der Waals surface area contributed by atoms with Crippen molar-refractivity contribution in [1.29, 1.82) is 0 Å². The first-order valence-electron chi connectivity index (χ1n) is 7.96. The Bertz CT molecular complexity index is 1050. The number of para-hydroxylation sites is 2. The Kier molecular flexibility index (Phi) is 8.29. The SMILES string of the molecule is O=S(=O)(CCCN1c2ccccc2Sc2ccccc21)NS(=O)(=O)C(F)(F)F.[H-].[K+]. The maximum Gasteiger partial charge on any atom is 1.00 e. The number of fused-ring (bicyclic) bond motifs is 2. The molecule has 1 aliphatic heterocycles. The van der Waals surface area contributed by atoms with E-state index in [4.69, 9.17) is 0 Å². The topological polar surface area (TPSA) is 83.6 Å². The number of rotatable bonds is 6. The molecule has 2 aromatic rings. The Morgan fingerprint density at radius 3 is 1.90 bits per heavy atom. The molecule has 0 atom stereocenters. The number of halogens is 3. The second-order valence-corrected chi connectivity index (χ2v) is 10.8. The first-order chi connectivity index (χ1) is 13.0. The Balaban J connectivity index is 0.00000225. The van der Waals surface area contributed by atoms with Gasteiger partial charge in [0.15, 0.2) is 0 Å². The van der Waals surface area contributed by atoms with E-state index < -0.39 is 31.3 Å². The van der Waals surface area contributed by atoms with Crippen LogP contribution >= 0.6 is 11.8 Å². The van der Waals surface area contributed by atoms with Gasteiger partial charge in [-0.25, -0.2) is 16.8 Å². The van der Waals surface area contributed by atoms with Crippen LogP contribution < -0.4 is 60.4 Å². The van der Waals surface area contributed by atoms with Gasteiger partial charge in [-0.3, -0.25) is 0 Å². The molecular weight excluding hydrogens is 476 g/mol. The van der Waals surface area contributed by atoms with Gasteiger partial charge in [0.2, 0.25) is 10.0 Å². The van der Waals surface area contributed by atoms with Gasteiger partial charge in [0.25, 0.3) is 0 Å². The van der Waals surface area contributed by atoms with Crippen molar-refractivity contribution in [3.05, 3.63) is 48.5 Å². The van der Waals surface area contributed by atoms with Crippen LogP contribution in [0.1, 0.15) is 7.85 Å². The average molecular weight is 493 g/mol. The van der Waals surface area contributed by atoms with Crippen LogP contribution in [-0.2, 0) is 20.0 Å². The van der Waals surface area contributed by atoms with Gasteiger partial charge >= 0.3 is 66.9 Å². The summed E-state index contributed by atoms with van der Waals surface area (Å²) in [4.78, 5) is 3.79. The van der Waals surface area contributed by atoms with Gasteiger partial charge in [-0.2, -0.15) is 13.2 Å².